The number of furan rings is 1. The van der Waals surface area contributed by atoms with Crippen molar-refractivity contribution in [2.75, 3.05) is 26.2 Å². The van der Waals surface area contributed by atoms with Gasteiger partial charge in [-0.15, -0.1) is 0 Å². The molecule has 2 heterocycles. The maximum absolute atomic E-state index is 12.3. The topological polar surface area (TPSA) is 74.6 Å². The average molecular weight is 460 g/mol. The predicted molar refractivity (Wildman–Crippen MR) is 132 cm³/mol. The highest BCUT2D eigenvalue weighted by molar-refractivity contribution is 8.26. The van der Waals surface area contributed by atoms with Crippen LogP contribution in [0.4, 0.5) is 0 Å². The zero-order chi connectivity index (χ0) is 22.8. The Balaban J connectivity index is 0.00000166. The smallest absolute Gasteiger partial charge is 0.263 e. The van der Waals surface area contributed by atoms with Gasteiger partial charge in [-0.1, -0.05) is 63.8 Å². The maximum atomic E-state index is 12.3. The minimum Gasteiger partial charge on any atom is -0.457 e. The number of carbonyl (C=O) groups is 2. The van der Waals surface area contributed by atoms with Gasteiger partial charge in [0, 0.05) is 30.3 Å². The zero-order valence-electron chi connectivity index (χ0n) is 18.4. The van der Waals surface area contributed by atoms with E-state index in [1.165, 1.54) is 11.8 Å². The summed E-state index contributed by atoms with van der Waals surface area (Å²) in [6, 6.07) is 10.9. The predicted octanol–water partition coefficient (Wildman–Crippen LogP) is 4.53. The van der Waals surface area contributed by atoms with Crippen molar-refractivity contribution >= 4 is 46.2 Å². The second kappa shape index (κ2) is 12.4. The Bertz CT molecular complexity index is 932. The van der Waals surface area contributed by atoms with Crippen molar-refractivity contribution in [2.24, 2.45) is 0 Å². The highest BCUT2D eigenvalue weighted by atomic mass is 32.2. The van der Waals surface area contributed by atoms with E-state index in [4.69, 9.17) is 16.6 Å². The lowest BCUT2D eigenvalue weighted by Crippen LogP contribution is -2.34. The Hall–Kier alpha value is -2.42. The Labute approximate surface area is 193 Å². The Morgan fingerprint density at radius 1 is 1.16 bits per heavy atom. The molecule has 1 aromatic heterocycles. The van der Waals surface area contributed by atoms with Gasteiger partial charge < -0.3 is 20.0 Å². The summed E-state index contributed by atoms with van der Waals surface area (Å²) in [5.74, 6) is 0.931. The number of thioether (sulfide) groups is 1. The molecule has 166 valence electrons. The van der Waals surface area contributed by atoms with Crippen LogP contribution in [0.1, 0.15) is 43.8 Å². The summed E-state index contributed by atoms with van der Waals surface area (Å²) in [6.45, 7) is 11.6. The molecule has 0 aliphatic carbocycles. The number of nitrogens with zero attached hydrogens (tertiary/aromatic N) is 1. The van der Waals surface area contributed by atoms with Gasteiger partial charge in [0.15, 0.2) is 0 Å². The van der Waals surface area contributed by atoms with Crippen LogP contribution in [0.5, 0.6) is 0 Å². The van der Waals surface area contributed by atoms with Gasteiger partial charge in [0.1, 0.15) is 15.8 Å². The van der Waals surface area contributed by atoms with Crippen molar-refractivity contribution in [1.82, 2.24) is 15.5 Å². The minimum atomic E-state index is -0.214. The third-order valence-electron chi connectivity index (χ3n) is 4.58. The van der Waals surface area contributed by atoms with Crippen LogP contribution in [-0.2, 0) is 4.79 Å². The van der Waals surface area contributed by atoms with Crippen LogP contribution < -0.4 is 10.6 Å². The van der Waals surface area contributed by atoms with Gasteiger partial charge in [0.05, 0.1) is 4.91 Å². The summed E-state index contributed by atoms with van der Waals surface area (Å²) >= 11 is 6.19. The third-order valence-corrected chi connectivity index (χ3v) is 5.74. The number of amides is 2. The molecule has 31 heavy (non-hydrogen) atoms. The van der Waals surface area contributed by atoms with Crippen molar-refractivity contribution < 1.29 is 14.0 Å². The molecule has 0 spiro atoms. The molecule has 2 aromatic rings. The first-order valence-electron chi connectivity index (χ1n) is 10.5. The van der Waals surface area contributed by atoms with Crippen LogP contribution in [0.25, 0.3) is 17.4 Å². The molecule has 3 rings (SSSR count). The number of thiocarbonyl (C=S) groups is 1. The number of nitrogens with one attached hydrogen (secondary N) is 2. The third kappa shape index (κ3) is 7.05. The molecule has 1 aliphatic heterocycles. The minimum absolute atomic E-state index is 0.0891. The number of carbonyl (C=O) groups excluding carboxylic acids is 2. The number of hydrogen-bond acceptors (Lipinski definition) is 6. The van der Waals surface area contributed by atoms with E-state index in [1.807, 2.05) is 32.0 Å². The first-order chi connectivity index (χ1) is 15.0. The van der Waals surface area contributed by atoms with Crippen LogP contribution in [0.2, 0.25) is 0 Å². The monoisotopic (exact) mass is 459 g/mol. The molecule has 2 amide bonds. The number of rotatable bonds is 8. The lowest BCUT2D eigenvalue weighted by atomic mass is 10.1. The second-order valence-corrected chi connectivity index (χ2v) is 8.13. The highest BCUT2D eigenvalue weighted by Gasteiger charge is 2.22. The van der Waals surface area contributed by atoms with E-state index in [0.29, 0.717) is 32.9 Å². The maximum Gasteiger partial charge on any atom is 0.263 e. The van der Waals surface area contributed by atoms with Gasteiger partial charge in [-0.2, -0.15) is 0 Å². The van der Waals surface area contributed by atoms with Crippen LogP contribution in [0.15, 0.2) is 45.7 Å². The van der Waals surface area contributed by atoms with Gasteiger partial charge in [-0.05, 0) is 37.4 Å². The second-order valence-electron chi connectivity index (χ2n) is 6.41. The van der Waals surface area contributed by atoms with Crippen LogP contribution in [-0.4, -0.2) is 47.2 Å². The van der Waals surface area contributed by atoms with Crippen molar-refractivity contribution in [3.05, 3.63) is 52.6 Å². The fourth-order valence-electron chi connectivity index (χ4n) is 2.89. The Morgan fingerprint density at radius 3 is 2.42 bits per heavy atom. The Morgan fingerprint density at radius 2 is 1.84 bits per heavy atom. The fraction of sp³-hybridized carbons (Fsp3) is 0.348. The lowest BCUT2D eigenvalue weighted by molar-refractivity contribution is -0.115. The molecular formula is C23H29N3O3S2. The summed E-state index contributed by atoms with van der Waals surface area (Å²) < 4.78 is 6.26. The van der Waals surface area contributed by atoms with Gasteiger partial charge >= 0.3 is 0 Å². The molecule has 0 unspecified atom stereocenters. The summed E-state index contributed by atoms with van der Waals surface area (Å²) in [4.78, 5) is 26.8. The molecular weight excluding hydrogens is 430 g/mol. The quantitative estimate of drug-likeness (QED) is 0.446. The normalized spacial score (nSPS) is 14.4. The molecule has 1 aromatic carbocycles. The number of hydrogen-bond donors (Lipinski definition) is 2. The molecule has 0 atom stereocenters. The van der Waals surface area contributed by atoms with E-state index in [-0.39, 0.29) is 11.8 Å². The average Bonchev–Trinajstić information content (AvgIpc) is 3.38. The fourth-order valence-corrected chi connectivity index (χ4v) is 3.92. The summed E-state index contributed by atoms with van der Waals surface area (Å²) in [5, 5.41) is 5.52. The molecule has 6 nitrogen and oxygen atoms in total. The molecule has 2 N–H and O–H groups in total. The molecule has 1 fully saturated rings. The van der Waals surface area contributed by atoms with E-state index in [9.17, 15) is 9.59 Å². The molecule has 0 radical (unpaired) electrons. The Kier molecular flexibility index (Phi) is 9.97. The van der Waals surface area contributed by atoms with Crippen molar-refractivity contribution in [3.8, 4) is 11.3 Å². The van der Waals surface area contributed by atoms with Crippen LogP contribution in [0.3, 0.4) is 0 Å². The largest absolute Gasteiger partial charge is 0.457 e. The first kappa shape index (κ1) is 24.8. The van der Waals surface area contributed by atoms with E-state index >= 15 is 0 Å². The van der Waals surface area contributed by atoms with Crippen LogP contribution in [0, 0.1) is 0 Å². The SMILES string of the molecule is CC.CCN(CC)CCNC(=O)c1ccc(-c2ccc(/C=C3\SC(=S)NC3=O)o2)cc1. The van der Waals surface area contributed by atoms with Gasteiger partial charge in [-0.25, -0.2) is 0 Å². The van der Waals surface area contributed by atoms with Crippen molar-refractivity contribution in [1.29, 1.82) is 0 Å². The molecule has 0 bridgehead atoms. The van der Waals surface area contributed by atoms with Gasteiger partial charge in [0.2, 0.25) is 0 Å². The molecule has 0 saturated carbocycles. The standard InChI is InChI=1S/C21H23N3O3S2.C2H6/c1-3-24(4-2)12-11-22-19(25)15-7-5-14(6-8-15)17-10-9-16(27-17)13-18-20(26)23-21(28)29-18;1-2/h5-10,13H,3-4,11-12H2,1-2H3,(H,22,25)(H,23,26,28);1-2H3/b18-13-;. The van der Waals surface area contributed by atoms with Crippen LogP contribution >= 0.6 is 24.0 Å². The zero-order valence-corrected chi connectivity index (χ0v) is 20.0. The van der Waals surface area contributed by atoms with Gasteiger partial charge in [0.25, 0.3) is 11.8 Å². The number of benzene rings is 1. The van der Waals surface area contributed by atoms with E-state index in [0.717, 1.165) is 25.2 Å². The number of likely N-dealkylation sites (N-methyl/N-ethyl adjacent to an activating group) is 1. The summed E-state index contributed by atoms with van der Waals surface area (Å²) in [5.41, 5.74) is 1.46. The van der Waals surface area contributed by atoms with E-state index in [1.54, 1.807) is 24.3 Å². The first-order valence-corrected chi connectivity index (χ1v) is 11.7. The summed E-state index contributed by atoms with van der Waals surface area (Å²) in [6.07, 6.45) is 1.67. The van der Waals surface area contributed by atoms with E-state index in [2.05, 4.69) is 29.4 Å². The van der Waals surface area contributed by atoms with E-state index < -0.39 is 0 Å². The van der Waals surface area contributed by atoms with Crippen molar-refractivity contribution in [2.45, 2.75) is 27.7 Å². The highest BCUT2D eigenvalue weighted by Crippen LogP contribution is 2.28. The molecule has 8 heteroatoms. The summed E-state index contributed by atoms with van der Waals surface area (Å²) in [7, 11) is 0. The lowest BCUT2D eigenvalue weighted by Gasteiger charge is -2.17. The van der Waals surface area contributed by atoms with Crippen molar-refractivity contribution in [3.63, 3.8) is 0 Å². The molecule has 1 aliphatic rings. The molecule has 1 saturated heterocycles. The van der Waals surface area contributed by atoms with Gasteiger partial charge in [-0.3, -0.25) is 9.59 Å².